The summed E-state index contributed by atoms with van der Waals surface area (Å²) in [4.78, 5) is 0. The zero-order chi connectivity index (χ0) is 13.7. The Morgan fingerprint density at radius 3 is 2.63 bits per heavy atom. The van der Waals surface area contributed by atoms with Crippen LogP contribution in [0.15, 0.2) is 24.3 Å². The van der Waals surface area contributed by atoms with Crippen LogP contribution in [0, 0.1) is 5.92 Å². The molecule has 2 unspecified atom stereocenters. The van der Waals surface area contributed by atoms with E-state index in [4.69, 9.17) is 16.3 Å². The van der Waals surface area contributed by atoms with Crippen LogP contribution in [0.3, 0.4) is 0 Å². The van der Waals surface area contributed by atoms with Crippen molar-refractivity contribution in [3.63, 3.8) is 0 Å². The van der Waals surface area contributed by atoms with Crippen molar-refractivity contribution in [2.24, 2.45) is 5.92 Å². The van der Waals surface area contributed by atoms with E-state index in [1.807, 2.05) is 31.2 Å². The van der Waals surface area contributed by atoms with E-state index in [0.717, 1.165) is 18.1 Å². The topological polar surface area (TPSA) is 26.3 Å². The lowest BCUT2D eigenvalue weighted by molar-refractivity contribution is 0.143. The highest BCUT2D eigenvalue weighted by Gasteiger charge is 2.20. The van der Waals surface area contributed by atoms with E-state index in [0.29, 0.717) is 17.4 Å². The standard InChI is InChI=1S/C15H21ClO2S/c1-12(14-4-6-15(16)7-5-14)19(17)11-10-18-9-8-13-2-3-13/h4-7,12-13H,2-3,8-11H2,1H3. The fraction of sp³-hybridized carbons (Fsp3) is 0.600. The number of hydrogen-bond acceptors (Lipinski definition) is 2. The van der Waals surface area contributed by atoms with E-state index >= 15 is 0 Å². The van der Waals surface area contributed by atoms with Crippen LogP contribution in [0.4, 0.5) is 0 Å². The second kappa shape index (κ2) is 7.41. The molecule has 1 aromatic carbocycles. The third-order valence-corrected chi connectivity index (χ3v) is 5.41. The molecule has 4 heteroatoms. The van der Waals surface area contributed by atoms with Crippen molar-refractivity contribution in [3.05, 3.63) is 34.9 Å². The molecule has 1 saturated carbocycles. The monoisotopic (exact) mass is 300 g/mol. The van der Waals surface area contributed by atoms with Gasteiger partial charge in [0.2, 0.25) is 0 Å². The molecule has 2 rings (SSSR count). The van der Waals surface area contributed by atoms with Crippen LogP contribution in [0.1, 0.15) is 37.0 Å². The van der Waals surface area contributed by atoms with Crippen molar-refractivity contribution in [2.45, 2.75) is 31.4 Å². The van der Waals surface area contributed by atoms with E-state index in [2.05, 4.69) is 0 Å². The Labute approximate surface area is 123 Å². The fourth-order valence-corrected chi connectivity index (χ4v) is 3.18. The van der Waals surface area contributed by atoms with Gasteiger partial charge in [0.25, 0.3) is 0 Å². The maximum absolute atomic E-state index is 12.1. The largest absolute Gasteiger partial charge is 0.380 e. The second-order valence-corrected chi connectivity index (χ2v) is 7.44. The average Bonchev–Trinajstić information content (AvgIpc) is 3.22. The van der Waals surface area contributed by atoms with Gasteiger partial charge in [-0.3, -0.25) is 4.21 Å². The Kier molecular flexibility index (Phi) is 5.86. The van der Waals surface area contributed by atoms with Crippen molar-refractivity contribution in [1.29, 1.82) is 0 Å². The van der Waals surface area contributed by atoms with Gasteiger partial charge in [-0.25, -0.2) is 0 Å². The van der Waals surface area contributed by atoms with Gasteiger partial charge >= 0.3 is 0 Å². The normalized spacial score (nSPS) is 18.2. The molecule has 0 aromatic heterocycles. The Balaban J connectivity index is 1.67. The van der Waals surface area contributed by atoms with Gasteiger partial charge < -0.3 is 4.74 Å². The highest BCUT2D eigenvalue weighted by atomic mass is 35.5. The molecule has 106 valence electrons. The van der Waals surface area contributed by atoms with Crippen molar-refractivity contribution in [3.8, 4) is 0 Å². The molecule has 0 amide bonds. The zero-order valence-corrected chi connectivity index (χ0v) is 12.9. The van der Waals surface area contributed by atoms with E-state index in [-0.39, 0.29) is 5.25 Å². The fourth-order valence-electron chi connectivity index (χ4n) is 1.96. The van der Waals surface area contributed by atoms with Crippen LogP contribution in [0.25, 0.3) is 0 Å². The lowest BCUT2D eigenvalue weighted by Crippen LogP contribution is -2.12. The smallest absolute Gasteiger partial charge is 0.0581 e. The predicted octanol–water partition coefficient (Wildman–Crippen LogP) is 3.97. The van der Waals surface area contributed by atoms with Crippen LogP contribution in [0.2, 0.25) is 5.02 Å². The Morgan fingerprint density at radius 2 is 2.00 bits per heavy atom. The minimum Gasteiger partial charge on any atom is -0.380 e. The Bertz CT molecular complexity index is 415. The summed E-state index contributed by atoms with van der Waals surface area (Å²) in [5.74, 6) is 1.51. The molecule has 2 nitrogen and oxygen atoms in total. The number of benzene rings is 1. The molecule has 0 saturated heterocycles. The molecule has 19 heavy (non-hydrogen) atoms. The molecule has 0 heterocycles. The molecular formula is C15H21ClO2S. The quantitative estimate of drug-likeness (QED) is 0.679. The molecule has 0 radical (unpaired) electrons. The summed E-state index contributed by atoms with van der Waals surface area (Å²) in [5, 5.41) is 0.745. The molecule has 0 aliphatic heterocycles. The first-order chi connectivity index (χ1) is 9.16. The van der Waals surface area contributed by atoms with E-state index in [1.54, 1.807) is 0 Å². The first-order valence-electron chi connectivity index (χ1n) is 6.87. The maximum Gasteiger partial charge on any atom is 0.0581 e. The van der Waals surface area contributed by atoms with Crippen LogP contribution in [-0.4, -0.2) is 23.2 Å². The highest BCUT2D eigenvalue weighted by molar-refractivity contribution is 7.85. The molecular weight excluding hydrogens is 280 g/mol. The van der Waals surface area contributed by atoms with Gasteiger partial charge in [0.1, 0.15) is 0 Å². The first kappa shape index (κ1) is 15.0. The predicted molar refractivity (Wildman–Crippen MR) is 81.0 cm³/mol. The summed E-state index contributed by atoms with van der Waals surface area (Å²) in [6.07, 6.45) is 3.89. The molecule has 2 atom stereocenters. The number of rotatable bonds is 8. The summed E-state index contributed by atoms with van der Waals surface area (Å²) in [6, 6.07) is 7.57. The van der Waals surface area contributed by atoms with Crippen LogP contribution < -0.4 is 0 Å². The lowest BCUT2D eigenvalue weighted by atomic mass is 10.2. The highest BCUT2D eigenvalue weighted by Crippen LogP contribution is 2.32. The van der Waals surface area contributed by atoms with Crippen LogP contribution in [0.5, 0.6) is 0 Å². The van der Waals surface area contributed by atoms with E-state index in [1.165, 1.54) is 19.3 Å². The van der Waals surface area contributed by atoms with Crippen molar-refractivity contribution < 1.29 is 8.95 Å². The molecule has 1 fully saturated rings. The molecule has 0 spiro atoms. The summed E-state index contributed by atoms with van der Waals surface area (Å²) in [6.45, 7) is 3.40. The van der Waals surface area contributed by atoms with Gasteiger partial charge in [-0.1, -0.05) is 36.6 Å². The van der Waals surface area contributed by atoms with Gasteiger partial charge in [0.15, 0.2) is 0 Å². The maximum atomic E-state index is 12.1. The summed E-state index contributed by atoms with van der Waals surface area (Å²) in [7, 11) is -0.889. The van der Waals surface area contributed by atoms with Crippen molar-refractivity contribution >= 4 is 22.4 Å². The van der Waals surface area contributed by atoms with Gasteiger partial charge in [0.05, 0.1) is 11.9 Å². The SMILES string of the molecule is CC(c1ccc(Cl)cc1)S(=O)CCOCCC1CC1. The van der Waals surface area contributed by atoms with Crippen molar-refractivity contribution in [2.75, 3.05) is 19.0 Å². The molecule has 1 aromatic rings. The second-order valence-electron chi connectivity index (χ2n) is 5.12. The summed E-state index contributed by atoms with van der Waals surface area (Å²) in [5.41, 5.74) is 1.07. The van der Waals surface area contributed by atoms with E-state index in [9.17, 15) is 4.21 Å². The van der Waals surface area contributed by atoms with Gasteiger partial charge in [0, 0.05) is 28.2 Å². The molecule has 1 aliphatic rings. The third-order valence-electron chi connectivity index (χ3n) is 3.53. The first-order valence-corrected chi connectivity index (χ1v) is 8.63. The van der Waals surface area contributed by atoms with E-state index < -0.39 is 10.8 Å². The minimum absolute atomic E-state index is 0.0318. The summed E-state index contributed by atoms with van der Waals surface area (Å²) >= 11 is 5.85. The van der Waals surface area contributed by atoms with Gasteiger partial charge in [-0.2, -0.15) is 0 Å². The molecule has 1 aliphatic carbocycles. The number of halogens is 1. The van der Waals surface area contributed by atoms with Crippen LogP contribution >= 0.6 is 11.6 Å². The zero-order valence-electron chi connectivity index (χ0n) is 11.3. The minimum atomic E-state index is -0.889. The average molecular weight is 301 g/mol. The van der Waals surface area contributed by atoms with Gasteiger partial charge in [-0.05, 0) is 37.0 Å². The molecule has 0 N–H and O–H groups in total. The molecule has 0 bridgehead atoms. The third kappa shape index (κ3) is 5.25. The number of hydrogen-bond donors (Lipinski definition) is 0. The van der Waals surface area contributed by atoms with Crippen molar-refractivity contribution in [1.82, 2.24) is 0 Å². The lowest BCUT2D eigenvalue weighted by Gasteiger charge is -2.12. The summed E-state index contributed by atoms with van der Waals surface area (Å²) < 4.78 is 17.7. The van der Waals surface area contributed by atoms with Crippen LogP contribution in [-0.2, 0) is 15.5 Å². The Hall–Kier alpha value is -0.380. The Morgan fingerprint density at radius 1 is 1.32 bits per heavy atom. The van der Waals surface area contributed by atoms with Gasteiger partial charge in [-0.15, -0.1) is 0 Å². The number of ether oxygens (including phenoxy) is 1.